The zero-order chi connectivity index (χ0) is 35.1. The van der Waals surface area contributed by atoms with Gasteiger partial charge in [-0.15, -0.1) is 0 Å². The van der Waals surface area contributed by atoms with E-state index in [0.717, 1.165) is 66.8 Å². The van der Waals surface area contributed by atoms with Gasteiger partial charge in [-0.2, -0.15) is 0 Å². The highest BCUT2D eigenvalue weighted by molar-refractivity contribution is 6.10. The van der Waals surface area contributed by atoms with Gasteiger partial charge in [-0.1, -0.05) is 127 Å². The van der Waals surface area contributed by atoms with Crippen molar-refractivity contribution in [2.75, 3.05) is 4.90 Å². The molecule has 8 aromatic carbocycles. The molecule has 0 amide bonds. The molecule has 0 fully saturated rings. The number of rotatable bonds is 7. The van der Waals surface area contributed by atoms with E-state index in [4.69, 9.17) is 13.8 Å². The largest absolute Gasteiger partial charge is 0.456 e. The number of oxazole rings is 1. The summed E-state index contributed by atoms with van der Waals surface area (Å²) in [5, 5.41) is 1.99. The lowest BCUT2D eigenvalue weighted by Crippen LogP contribution is -2.10. The molecule has 0 aliphatic carbocycles. The molecular weight excluding hydrogens is 649 g/mol. The average molecular weight is 681 g/mol. The summed E-state index contributed by atoms with van der Waals surface area (Å²) in [5.74, 6) is 0.596. The van der Waals surface area contributed by atoms with E-state index in [2.05, 4.69) is 157 Å². The number of fused-ring (bicyclic) bond motifs is 4. The summed E-state index contributed by atoms with van der Waals surface area (Å²) in [6.45, 7) is 0. The topological polar surface area (TPSA) is 42.4 Å². The van der Waals surface area contributed by atoms with E-state index in [1.54, 1.807) is 0 Å². The third kappa shape index (κ3) is 5.73. The molecule has 0 unspecified atom stereocenters. The molecule has 0 saturated heterocycles. The summed E-state index contributed by atoms with van der Waals surface area (Å²) in [6.07, 6.45) is 0. The maximum absolute atomic E-state index is 6.40. The van der Waals surface area contributed by atoms with Crippen LogP contribution in [0, 0.1) is 0 Å². The van der Waals surface area contributed by atoms with Gasteiger partial charge in [0.2, 0.25) is 5.89 Å². The molecule has 2 heterocycles. The number of anilines is 3. The molecule has 0 radical (unpaired) electrons. The normalized spacial score (nSPS) is 11.4. The highest BCUT2D eigenvalue weighted by atomic mass is 16.4. The van der Waals surface area contributed by atoms with Gasteiger partial charge in [0.1, 0.15) is 16.7 Å². The molecule has 0 N–H and O–H groups in total. The van der Waals surface area contributed by atoms with E-state index in [1.165, 1.54) is 22.3 Å². The van der Waals surface area contributed by atoms with Crippen LogP contribution in [0.1, 0.15) is 0 Å². The molecule has 10 aromatic rings. The van der Waals surface area contributed by atoms with E-state index < -0.39 is 0 Å². The lowest BCUT2D eigenvalue weighted by Gasteiger charge is -2.26. The Morgan fingerprint density at radius 3 is 1.49 bits per heavy atom. The Labute approximate surface area is 306 Å². The fourth-order valence-corrected chi connectivity index (χ4v) is 7.22. The number of benzene rings is 8. The second-order valence-electron chi connectivity index (χ2n) is 13.2. The number of hydrogen-bond donors (Lipinski definition) is 0. The van der Waals surface area contributed by atoms with Gasteiger partial charge < -0.3 is 13.7 Å². The van der Waals surface area contributed by atoms with Crippen molar-refractivity contribution in [3.05, 3.63) is 194 Å². The van der Waals surface area contributed by atoms with E-state index in [-0.39, 0.29) is 0 Å². The second kappa shape index (κ2) is 12.9. The van der Waals surface area contributed by atoms with Crippen molar-refractivity contribution in [3.63, 3.8) is 0 Å². The third-order valence-electron chi connectivity index (χ3n) is 9.90. The quantitative estimate of drug-likeness (QED) is 0.168. The minimum Gasteiger partial charge on any atom is -0.456 e. The third-order valence-corrected chi connectivity index (χ3v) is 9.90. The van der Waals surface area contributed by atoms with Crippen LogP contribution >= 0.6 is 0 Å². The zero-order valence-corrected chi connectivity index (χ0v) is 28.7. The highest BCUT2D eigenvalue weighted by Crippen LogP contribution is 2.41. The number of aromatic nitrogens is 1. The second-order valence-corrected chi connectivity index (χ2v) is 13.2. The Morgan fingerprint density at radius 2 is 0.830 bits per heavy atom. The van der Waals surface area contributed by atoms with Crippen molar-refractivity contribution in [1.29, 1.82) is 0 Å². The number of nitrogens with zero attached hydrogens (tertiary/aromatic N) is 2. The van der Waals surface area contributed by atoms with Gasteiger partial charge in [0.15, 0.2) is 5.58 Å². The van der Waals surface area contributed by atoms with Gasteiger partial charge in [0, 0.05) is 39.5 Å². The van der Waals surface area contributed by atoms with Gasteiger partial charge in [0.05, 0.1) is 0 Å². The molecule has 4 nitrogen and oxygen atoms in total. The van der Waals surface area contributed by atoms with Crippen LogP contribution < -0.4 is 4.90 Å². The minimum atomic E-state index is 0.596. The first-order chi connectivity index (χ1) is 26.2. The molecule has 0 aliphatic heterocycles. The van der Waals surface area contributed by atoms with E-state index in [9.17, 15) is 0 Å². The van der Waals surface area contributed by atoms with E-state index in [0.29, 0.717) is 5.89 Å². The molecule has 0 saturated carbocycles. The van der Waals surface area contributed by atoms with Gasteiger partial charge in [-0.25, -0.2) is 4.98 Å². The summed E-state index contributed by atoms with van der Waals surface area (Å²) in [4.78, 5) is 7.09. The Hall–Kier alpha value is -7.17. The van der Waals surface area contributed by atoms with Crippen molar-refractivity contribution in [1.82, 2.24) is 4.98 Å². The van der Waals surface area contributed by atoms with Crippen molar-refractivity contribution in [2.24, 2.45) is 0 Å². The molecule has 53 heavy (non-hydrogen) atoms. The van der Waals surface area contributed by atoms with Crippen LogP contribution in [0.25, 0.3) is 77.9 Å². The first kappa shape index (κ1) is 30.6. The Bertz CT molecular complexity index is 2860. The Kier molecular flexibility index (Phi) is 7.43. The maximum atomic E-state index is 6.40. The lowest BCUT2D eigenvalue weighted by atomic mass is 10.00. The summed E-state index contributed by atoms with van der Waals surface area (Å²) >= 11 is 0. The molecule has 10 rings (SSSR count). The predicted molar refractivity (Wildman–Crippen MR) is 218 cm³/mol. The average Bonchev–Trinajstić information content (AvgIpc) is 3.82. The van der Waals surface area contributed by atoms with Crippen molar-refractivity contribution in [3.8, 4) is 44.8 Å². The van der Waals surface area contributed by atoms with Crippen molar-refractivity contribution >= 4 is 50.1 Å². The van der Waals surface area contributed by atoms with Crippen LogP contribution in [0.2, 0.25) is 0 Å². The summed E-state index contributed by atoms with van der Waals surface area (Å²) in [7, 11) is 0. The smallest absolute Gasteiger partial charge is 0.227 e. The highest BCUT2D eigenvalue weighted by Gasteiger charge is 2.18. The van der Waals surface area contributed by atoms with Crippen LogP contribution in [0.3, 0.4) is 0 Å². The van der Waals surface area contributed by atoms with E-state index in [1.807, 2.05) is 42.5 Å². The van der Waals surface area contributed by atoms with Gasteiger partial charge in [0.25, 0.3) is 0 Å². The molecular formula is C49H32N2O2. The molecule has 2 aromatic heterocycles. The molecule has 0 aliphatic rings. The fraction of sp³-hybridized carbons (Fsp3) is 0. The summed E-state index contributed by atoms with van der Waals surface area (Å²) < 4.78 is 12.7. The standard InChI is InChI=1S/C49H32N2O2/c1-4-11-33(12-5-1)35-19-21-36(22-20-35)37-23-25-40(26-24-37)51(41-18-10-17-39(29-41)34-13-6-2-7-14-34)42-27-28-46-43(30-42)44-31-48-45(32-47(44)52-46)50-49(53-48)38-15-8-3-9-16-38/h1-32H. The van der Waals surface area contributed by atoms with Crippen molar-refractivity contribution < 1.29 is 8.83 Å². The fourth-order valence-electron chi connectivity index (χ4n) is 7.22. The predicted octanol–water partition coefficient (Wildman–Crippen LogP) is 13.9. The van der Waals surface area contributed by atoms with Crippen LogP contribution in [0.5, 0.6) is 0 Å². The minimum absolute atomic E-state index is 0.596. The number of hydrogen-bond acceptors (Lipinski definition) is 4. The lowest BCUT2D eigenvalue weighted by molar-refractivity contribution is 0.620. The van der Waals surface area contributed by atoms with Crippen LogP contribution in [-0.4, -0.2) is 4.98 Å². The molecule has 4 heteroatoms. The number of furan rings is 1. The monoisotopic (exact) mass is 680 g/mol. The van der Waals surface area contributed by atoms with Crippen molar-refractivity contribution in [2.45, 2.75) is 0 Å². The Morgan fingerprint density at radius 1 is 0.321 bits per heavy atom. The van der Waals surface area contributed by atoms with Crippen LogP contribution in [0.4, 0.5) is 17.1 Å². The summed E-state index contributed by atoms with van der Waals surface area (Å²) in [6, 6.07) is 67.8. The van der Waals surface area contributed by atoms with Gasteiger partial charge >= 0.3 is 0 Å². The Balaban J connectivity index is 1.07. The molecule has 0 bridgehead atoms. The van der Waals surface area contributed by atoms with Crippen LogP contribution in [0.15, 0.2) is 203 Å². The maximum Gasteiger partial charge on any atom is 0.227 e. The molecule has 0 atom stereocenters. The van der Waals surface area contributed by atoms with Crippen LogP contribution in [-0.2, 0) is 0 Å². The SMILES string of the molecule is c1ccc(-c2ccc(-c3ccc(N(c4cccc(-c5ccccc5)c4)c4ccc5oc6cc7nc(-c8ccccc8)oc7cc6c5c4)cc3)cc2)cc1. The molecule has 0 spiro atoms. The molecule has 250 valence electrons. The van der Waals surface area contributed by atoms with E-state index >= 15 is 0 Å². The van der Waals surface area contributed by atoms with Gasteiger partial charge in [-0.05, 0) is 94.0 Å². The van der Waals surface area contributed by atoms with Gasteiger partial charge in [-0.3, -0.25) is 0 Å². The summed E-state index contributed by atoms with van der Waals surface area (Å²) in [5.41, 5.74) is 14.2. The zero-order valence-electron chi connectivity index (χ0n) is 28.7. The first-order valence-corrected chi connectivity index (χ1v) is 17.8. The first-order valence-electron chi connectivity index (χ1n) is 17.8.